The Balaban J connectivity index is 2.09. The molecule has 2 atom stereocenters. The van der Waals surface area contributed by atoms with Crippen molar-refractivity contribution in [3.63, 3.8) is 0 Å². The Kier molecular flexibility index (Phi) is 8.07. The van der Waals surface area contributed by atoms with Gasteiger partial charge in [-0.1, -0.05) is 13.8 Å². The second-order valence-corrected chi connectivity index (χ2v) is 7.55. The van der Waals surface area contributed by atoms with Crippen molar-refractivity contribution in [1.82, 2.24) is 9.80 Å². The minimum Gasteiger partial charge on any atom is -0.481 e. The van der Waals surface area contributed by atoms with Crippen molar-refractivity contribution in [2.75, 3.05) is 32.7 Å². The summed E-state index contributed by atoms with van der Waals surface area (Å²) in [7, 11) is 0. The molecule has 162 valence electrons. The third-order valence-electron chi connectivity index (χ3n) is 5.79. The highest BCUT2D eigenvalue weighted by molar-refractivity contribution is 5.94. The van der Waals surface area contributed by atoms with Gasteiger partial charge in [-0.2, -0.15) is 13.2 Å². The number of alkyl halides is 3. The van der Waals surface area contributed by atoms with Gasteiger partial charge in [-0.15, -0.1) is 0 Å². The number of rotatable bonds is 8. The zero-order valence-corrected chi connectivity index (χ0v) is 16.9. The highest BCUT2D eigenvalue weighted by atomic mass is 19.4. The maximum atomic E-state index is 12.8. The van der Waals surface area contributed by atoms with Crippen molar-refractivity contribution in [2.24, 2.45) is 11.8 Å². The van der Waals surface area contributed by atoms with E-state index in [4.69, 9.17) is 0 Å². The summed E-state index contributed by atoms with van der Waals surface area (Å²) < 4.78 is 38.2. The normalized spacial score (nSPS) is 20.1. The molecule has 1 aromatic rings. The number of carboxylic acids is 1. The molecule has 8 heteroatoms. The first-order valence-corrected chi connectivity index (χ1v) is 10.1. The van der Waals surface area contributed by atoms with E-state index in [1.54, 1.807) is 4.90 Å². The fourth-order valence-corrected chi connectivity index (χ4v) is 3.96. The molecule has 1 saturated heterocycles. The van der Waals surface area contributed by atoms with Gasteiger partial charge in [0.15, 0.2) is 0 Å². The molecule has 2 rings (SSSR count). The topological polar surface area (TPSA) is 60.9 Å². The Hall–Kier alpha value is -2.09. The fourth-order valence-electron chi connectivity index (χ4n) is 3.96. The predicted octanol–water partition coefficient (Wildman–Crippen LogP) is 3.99. The lowest BCUT2D eigenvalue weighted by Gasteiger charge is -2.39. The van der Waals surface area contributed by atoms with E-state index in [0.717, 1.165) is 38.2 Å². The predicted molar refractivity (Wildman–Crippen MR) is 104 cm³/mol. The van der Waals surface area contributed by atoms with Crippen LogP contribution in [0.4, 0.5) is 13.2 Å². The van der Waals surface area contributed by atoms with Gasteiger partial charge in [-0.3, -0.25) is 9.59 Å². The smallest absolute Gasteiger partial charge is 0.416 e. The summed E-state index contributed by atoms with van der Waals surface area (Å²) in [5.74, 6) is -1.09. The second-order valence-electron chi connectivity index (χ2n) is 7.55. The molecule has 1 fully saturated rings. The van der Waals surface area contributed by atoms with Crippen molar-refractivity contribution >= 4 is 11.9 Å². The van der Waals surface area contributed by atoms with Gasteiger partial charge in [0, 0.05) is 25.1 Å². The van der Waals surface area contributed by atoms with Crippen LogP contribution in [0.1, 0.15) is 49.0 Å². The Morgan fingerprint density at radius 3 is 2.28 bits per heavy atom. The SMILES string of the molecule is CCN(CC)CC[C@@H]1CN(C(=O)c2ccc(C(F)(F)F)cc2)CC[C@H]1CC(=O)O. The summed E-state index contributed by atoms with van der Waals surface area (Å²) in [5.41, 5.74) is -0.566. The van der Waals surface area contributed by atoms with Gasteiger partial charge in [-0.25, -0.2) is 0 Å². The molecule has 0 spiro atoms. The van der Waals surface area contributed by atoms with Crippen LogP contribution in [0.25, 0.3) is 0 Å². The number of carbonyl (C=O) groups is 2. The number of aliphatic carboxylic acids is 1. The van der Waals surface area contributed by atoms with E-state index in [-0.39, 0.29) is 29.7 Å². The first-order valence-electron chi connectivity index (χ1n) is 10.1. The van der Waals surface area contributed by atoms with Crippen LogP contribution in [0.15, 0.2) is 24.3 Å². The summed E-state index contributed by atoms with van der Waals surface area (Å²) in [6.45, 7) is 7.62. The molecule has 1 aliphatic heterocycles. The number of carboxylic acid groups (broad SMARTS) is 1. The molecular formula is C21H29F3N2O3. The lowest BCUT2D eigenvalue weighted by atomic mass is 9.81. The Labute approximate surface area is 169 Å². The highest BCUT2D eigenvalue weighted by Gasteiger charge is 2.34. The number of hydrogen-bond acceptors (Lipinski definition) is 3. The van der Waals surface area contributed by atoms with Gasteiger partial charge in [0.1, 0.15) is 0 Å². The number of likely N-dealkylation sites (tertiary alicyclic amines) is 1. The van der Waals surface area contributed by atoms with Crippen molar-refractivity contribution in [3.8, 4) is 0 Å². The summed E-state index contributed by atoms with van der Waals surface area (Å²) in [6.07, 6.45) is -2.99. The summed E-state index contributed by atoms with van der Waals surface area (Å²) in [4.78, 5) is 27.9. The average molecular weight is 414 g/mol. The third-order valence-corrected chi connectivity index (χ3v) is 5.79. The molecule has 1 aromatic carbocycles. The van der Waals surface area contributed by atoms with Crippen LogP contribution in [-0.4, -0.2) is 59.5 Å². The van der Waals surface area contributed by atoms with Crippen LogP contribution in [0.3, 0.4) is 0 Å². The van der Waals surface area contributed by atoms with Gasteiger partial charge in [0.2, 0.25) is 0 Å². The molecular weight excluding hydrogens is 385 g/mol. The van der Waals surface area contributed by atoms with E-state index in [2.05, 4.69) is 18.7 Å². The van der Waals surface area contributed by atoms with E-state index in [1.807, 2.05) is 0 Å². The maximum absolute atomic E-state index is 12.8. The molecule has 1 heterocycles. The maximum Gasteiger partial charge on any atom is 0.416 e. The lowest BCUT2D eigenvalue weighted by molar-refractivity contribution is -0.139. The molecule has 0 aliphatic carbocycles. The molecule has 29 heavy (non-hydrogen) atoms. The van der Waals surface area contributed by atoms with Crippen molar-refractivity contribution in [2.45, 2.75) is 39.3 Å². The number of halogens is 3. The van der Waals surface area contributed by atoms with Gasteiger partial charge in [-0.05, 0) is 68.6 Å². The van der Waals surface area contributed by atoms with Gasteiger partial charge in [0.25, 0.3) is 5.91 Å². The molecule has 5 nitrogen and oxygen atoms in total. The van der Waals surface area contributed by atoms with E-state index in [9.17, 15) is 27.9 Å². The molecule has 1 amide bonds. The van der Waals surface area contributed by atoms with Crippen LogP contribution < -0.4 is 0 Å². The Bertz CT molecular complexity index is 687. The quantitative estimate of drug-likeness (QED) is 0.699. The molecule has 1 aliphatic rings. The number of piperidine rings is 1. The van der Waals surface area contributed by atoms with Crippen LogP contribution in [0.2, 0.25) is 0 Å². The summed E-state index contributed by atoms with van der Waals surface area (Å²) in [5, 5.41) is 9.22. The van der Waals surface area contributed by atoms with Crippen LogP contribution in [0.5, 0.6) is 0 Å². The molecule has 0 saturated carbocycles. The Morgan fingerprint density at radius 1 is 1.14 bits per heavy atom. The molecule has 0 aromatic heterocycles. The van der Waals surface area contributed by atoms with E-state index >= 15 is 0 Å². The zero-order valence-electron chi connectivity index (χ0n) is 16.9. The molecule has 1 N–H and O–H groups in total. The number of amides is 1. The highest BCUT2D eigenvalue weighted by Crippen LogP contribution is 2.32. The van der Waals surface area contributed by atoms with Crippen molar-refractivity contribution < 1.29 is 27.9 Å². The van der Waals surface area contributed by atoms with Crippen molar-refractivity contribution in [3.05, 3.63) is 35.4 Å². The molecule has 0 bridgehead atoms. The number of nitrogens with zero attached hydrogens (tertiary/aromatic N) is 2. The Morgan fingerprint density at radius 2 is 1.76 bits per heavy atom. The number of benzene rings is 1. The average Bonchev–Trinajstić information content (AvgIpc) is 2.68. The van der Waals surface area contributed by atoms with Crippen LogP contribution >= 0.6 is 0 Å². The number of carbonyl (C=O) groups excluding carboxylic acids is 1. The van der Waals surface area contributed by atoms with E-state index in [1.165, 1.54) is 12.1 Å². The monoisotopic (exact) mass is 414 g/mol. The zero-order chi connectivity index (χ0) is 21.6. The standard InChI is InChI=1S/C21H29F3N2O3/c1-3-25(4-2)11-9-17-14-26(12-10-16(17)13-19(27)28)20(29)15-5-7-18(8-6-15)21(22,23)24/h5-8,16-17H,3-4,9-14H2,1-2H3,(H,27,28)/t16-,17+/m0/s1. The third kappa shape index (κ3) is 6.45. The van der Waals surface area contributed by atoms with Gasteiger partial charge >= 0.3 is 12.1 Å². The summed E-state index contributed by atoms with van der Waals surface area (Å²) in [6, 6.07) is 4.25. The fraction of sp³-hybridized carbons (Fsp3) is 0.619. The van der Waals surface area contributed by atoms with Crippen LogP contribution in [-0.2, 0) is 11.0 Å². The van der Waals surface area contributed by atoms with Gasteiger partial charge in [0.05, 0.1) is 5.56 Å². The van der Waals surface area contributed by atoms with Gasteiger partial charge < -0.3 is 14.9 Å². The molecule has 0 unspecified atom stereocenters. The first kappa shape index (κ1) is 23.2. The second kappa shape index (κ2) is 10.1. The largest absolute Gasteiger partial charge is 0.481 e. The van der Waals surface area contributed by atoms with E-state index in [0.29, 0.717) is 19.5 Å². The minimum atomic E-state index is -4.44. The first-order chi connectivity index (χ1) is 13.7. The lowest BCUT2D eigenvalue weighted by Crippen LogP contribution is -2.45. The molecule has 0 radical (unpaired) electrons. The van der Waals surface area contributed by atoms with E-state index < -0.39 is 17.7 Å². The minimum absolute atomic E-state index is 0.000261. The summed E-state index contributed by atoms with van der Waals surface area (Å²) >= 11 is 0. The van der Waals surface area contributed by atoms with Crippen LogP contribution in [0, 0.1) is 11.8 Å². The number of hydrogen-bond donors (Lipinski definition) is 1. The van der Waals surface area contributed by atoms with Crippen molar-refractivity contribution in [1.29, 1.82) is 0 Å².